The first-order valence-electron chi connectivity index (χ1n) is 13.0. The molecule has 0 bridgehead atoms. The van der Waals surface area contributed by atoms with Gasteiger partial charge in [-0.25, -0.2) is 8.42 Å². The molecular weight excluding hydrogens is 508 g/mol. The second-order valence-electron chi connectivity index (χ2n) is 9.99. The highest BCUT2D eigenvalue weighted by atomic mass is 32.2. The summed E-state index contributed by atoms with van der Waals surface area (Å²) in [6.45, 7) is 3.41. The van der Waals surface area contributed by atoms with Gasteiger partial charge >= 0.3 is 0 Å². The Balaban J connectivity index is 1.31. The van der Waals surface area contributed by atoms with Crippen LogP contribution in [0.2, 0.25) is 0 Å². The van der Waals surface area contributed by atoms with Crippen LogP contribution in [0.15, 0.2) is 53.4 Å². The molecule has 4 rings (SSSR count). The van der Waals surface area contributed by atoms with Crippen molar-refractivity contribution in [3.8, 4) is 5.75 Å². The number of ether oxygens (including phenoxy) is 1. The van der Waals surface area contributed by atoms with E-state index in [9.17, 15) is 23.4 Å². The van der Waals surface area contributed by atoms with Crippen molar-refractivity contribution in [3.63, 3.8) is 0 Å². The number of rotatable bonds is 12. The minimum Gasteiger partial charge on any atom is -0.480 e. The number of piperazine rings is 1. The molecule has 208 valence electrons. The lowest BCUT2D eigenvalue weighted by Gasteiger charge is -2.37. The van der Waals surface area contributed by atoms with Crippen LogP contribution in [0.25, 0.3) is 0 Å². The molecule has 10 nitrogen and oxygen atoms in total. The first-order chi connectivity index (χ1) is 18.3. The fourth-order valence-corrected chi connectivity index (χ4v) is 6.57. The third-order valence-electron chi connectivity index (χ3n) is 7.25. The van der Waals surface area contributed by atoms with Crippen LogP contribution in [0.1, 0.15) is 11.1 Å². The van der Waals surface area contributed by atoms with Gasteiger partial charge in [-0.3, -0.25) is 14.6 Å². The fraction of sp³-hybridized carbons (Fsp3) is 0.519. The number of nitrogens with one attached hydrogen (secondary N) is 1. The first kappa shape index (κ1) is 28.6. The van der Waals surface area contributed by atoms with E-state index in [0.717, 1.165) is 19.5 Å². The molecule has 11 heteroatoms. The topological polar surface area (TPSA) is 123 Å². The number of sulfonamides is 1. The zero-order valence-corrected chi connectivity index (χ0v) is 22.6. The number of aliphatic hydroxyl groups excluding tert-OH is 2. The predicted molar refractivity (Wildman–Crippen MR) is 143 cm³/mol. The molecule has 2 aromatic carbocycles. The van der Waals surface area contributed by atoms with E-state index >= 15 is 0 Å². The lowest BCUT2D eigenvalue weighted by Crippen LogP contribution is -2.54. The summed E-state index contributed by atoms with van der Waals surface area (Å²) in [6.07, 6.45) is 0.0197. The van der Waals surface area contributed by atoms with Crippen LogP contribution < -0.4 is 10.1 Å². The largest absolute Gasteiger partial charge is 0.480 e. The van der Waals surface area contributed by atoms with Gasteiger partial charge in [-0.05, 0) is 36.7 Å². The Hall–Kier alpha value is -2.38. The molecule has 2 heterocycles. The summed E-state index contributed by atoms with van der Waals surface area (Å²) in [6, 6.07) is 14.3. The molecule has 0 saturated carbocycles. The number of nitrogens with zero attached hydrogens (tertiary/aromatic N) is 3. The number of para-hydroxylation sites is 1. The highest BCUT2D eigenvalue weighted by Gasteiger charge is 2.34. The molecule has 2 aliphatic rings. The molecule has 0 aromatic heterocycles. The summed E-state index contributed by atoms with van der Waals surface area (Å²) in [7, 11) is -2.04. The first-order valence-corrected chi connectivity index (χ1v) is 14.5. The summed E-state index contributed by atoms with van der Waals surface area (Å²) in [5.41, 5.74) is 2.64. The Kier molecular flexibility index (Phi) is 9.88. The predicted octanol–water partition coefficient (Wildman–Crippen LogP) is -0.0613. The Bertz CT molecular complexity index is 1180. The molecule has 3 N–H and O–H groups in total. The average molecular weight is 547 g/mol. The van der Waals surface area contributed by atoms with Gasteiger partial charge in [0.2, 0.25) is 10.0 Å². The zero-order chi connectivity index (χ0) is 27.1. The van der Waals surface area contributed by atoms with E-state index < -0.39 is 22.2 Å². The summed E-state index contributed by atoms with van der Waals surface area (Å²) in [5.74, 6) is 0.0957. The van der Waals surface area contributed by atoms with Gasteiger partial charge in [-0.2, -0.15) is 4.31 Å². The van der Waals surface area contributed by atoms with E-state index in [1.807, 2.05) is 24.1 Å². The molecule has 1 fully saturated rings. The van der Waals surface area contributed by atoms with Crippen molar-refractivity contribution in [2.75, 3.05) is 59.5 Å². The number of aliphatic hydroxyl groups is 2. The van der Waals surface area contributed by atoms with Crippen LogP contribution in [0, 0.1) is 0 Å². The van der Waals surface area contributed by atoms with Gasteiger partial charge < -0.3 is 20.3 Å². The fourth-order valence-electron chi connectivity index (χ4n) is 4.98. The number of aldehydes is 1. The van der Waals surface area contributed by atoms with Crippen LogP contribution in [0.4, 0.5) is 0 Å². The van der Waals surface area contributed by atoms with Gasteiger partial charge in [-0.15, -0.1) is 0 Å². The minimum atomic E-state index is -3.90. The van der Waals surface area contributed by atoms with Crippen LogP contribution in [0.5, 0.6) is 5.75 Å². The molecule has 2 aromatic rings. The zero-order valence-electron chi connectivity index (χ0n) is 21.8. The second-order valence-corrected chi connectivity index (χ2v) is 11.9. The SMILES string of the molecule is CN1CCN(S(=O)(=O)c2ccccc2OC(C=O)CNC[C@@H](O)CN2CCc3ccccc3C2)CC1CO. The quantitative estimate of drug-likeness (QED) is 0.314. The number of hydrogen-bond donors (Lipinski definition) is 3. The Morgan fingerprint density at radius 3 is 2.58 bits per heavy atom. The van der Waals surface area contributed by atoms with Crippen molar-refractivity contribution >= 4 is 16.3 Å². The molecule has 38 heavy (non-hydrogen) atoms. The monoisotopic (exact) mass is 546 g/mol. The molecular formula is C27H38N4O6S. The van der Waals surface area contributed by atoms with Crippen LogP contribution in [-0.2, 0) is 27.8 Å². The van der Waals surface area contributed by atoms with Gasteiger partial charge in [-0.1, -0.05) is 36.4 Å². The summed E-state index contributed by atoms with van der Waals surface area (Å²) < 4.78 is 34.0. The van der Waals surface area contributed by atoms with E-state index in [4.69, 9.17) is 4.74 Å². The molecule has 1 saturated heterocycles. The maximum Gasteiger partial charge on any atom is 0.246 e. The highest BCUT2D eigenvalue weighted by Crippen LogP contribution is 2.28. The normalized spacial score (nSPS) is 21.0. The van der Waals surface area contributed by atoms with Crippen LogP contribution in [-0.4, -0.2) is 117 Å². The van der Waals surface area contributed by atoms with Crippen molar-refractivity contribution in [1.29, 1.82) is 0 Å². The second kappa shape index (κ2) is 13.1. The summed E-state index contributed by atoms with van der Waals surface area (Å²) >= 11 is 0. The lowest BCUT2D eigenvalue weighted by molar-refractivity contribution is -0.113. The van der Waals surface area contributed by atoms with Gasteiger partial charge in [0, 0.05) is 58.4 Å². The summed E-state index contributed by atoms with van der Waals surface area (Å²) in [4.78, 5) is 15.9. The number of hydrogen-bond acceptors (Lipinski definition) is 9. The van der Waals surface area contributed by atoms with E-state index in [2.05, 4.69) is 22.3 Å². The Morgan fingerprint density at radius 1 is 1.08 bits per heavy atom. The molecule has 0 amide bonds. The highest BCUT2D eigenvalue weighted by molar-refractivity contribution is 7.89. The Morgan fingerprint density at radius 2 is 1.82 bits per heavy atom. The smallest absolute Gasteiger partial charge is 0.246 e. The van der Waals surface area contributed by atoms with E-state index in [0.29, 0.717) is 25.9 Å². The molecule has 3 atom stereocenters. The number of β-amino-alcohol motifs (C(OH)–C–C–N with tert-alkyl or cyclic N) is 1. The van der Waals surface area contributed by atoms with Crippen molar-refractivity contribution in [2.24, 2.45) is 0 Å². The number of likely N-dealkylation sites (N-methyl/N-ethyl adjacent to an activating group) is 1. The van der Waals surface area contributed by atoms with Gasteiger partial charge in [0.25, 0.3) is 0 Å². The standard InChI is InChI=1S/C27H38N4O6S/c1-29-12-13-31(17-23(29)19-32)38(35,36)27-9-5-4-8-26(27)37-25(20-33)15-28-14-24(34)18-30-11-10-21-6-2-3-7-22(21)16-30/h2-9,20,23-25,28,32,34H,10-19H2,1H3/t23?,24-,25?/m1/s1. The average Bonchev–Trinajstić information content (AvgIpc) is 2.92. The van der Waals surface area contributed by atoms with Crippen molar-refractivity contribution in [2.45, 2.75) is 36.1 Å². The van der Waals surface area contributed by atoms with E-state index in [1.165, 1.54) is 27.6 Å². The number of fused-ring (bicyclic) bond motifs is 1. The third-order valence-corrected chi connectivity index (χ3v) is 9.16. The number of carbonyl (C=O) groups is 1. The maximum atomic E-state index is 13.4. The lowest BCUT2D eigenvalue weighted by atomic mass is 10.00. The number of carbonyl (C=O) groups excluding carboxylic acids is 1. The van der Waals surface area contributed by atoms with Crippen LogP contribution in [0.3, 0.4) is 0 Å². The van der Waals surface area contributed by atoms with Crippen molar-refractivity contribution in [3.05, 3.63) is 59.7 Å². The maximum absolute atomic E-state index is 13.4. The Labute approximate surface area is 224 Å². The van der Waals surface area contributed by atoms with Crippen LogP contribution >= 0.6 is 0 Å². The van der Waals surface area contributed by atoms with Crippen molar-refractivity contribution < 1.29 is 28.2 Å². The van der Waals surface area contributed by atoms with Crippen molar-refractivity contribution in [1.82, 2.24) is 19.4 Å². The minimum absolute atomic E-state index is 0.0153. The van der Waals surface area contributed by atoms with Gasteiger partial charge in [0.1, 0.15) is 10.6 Å². The molecule has 2 aliphatic heterocycles. The van der Waals surface area contributed by atoms with E-state index in [-0.39, 0.29) is 42.9 Å². The van der Waals surface area contributed by atoms with E-state index in [1.54, 1.807) is 12.1 Å². The molecule has 0 aliphatic carbocycles. The molecule has 2 unspecified atom stereocenters. The third kappa shape index (κ3) is 6.97. The summed E-state index contributed by atoms with van der Waals surface area (Å²) in [5, 5.41) is 23.2. The van der Waals surface area contributed by atoms with Gasteiger partial charge in [0.05, 0.1) is 12.7 Å². The molecule has 0 radical (unpaired) electrons. The van der Waals surface area contributed by atoms with Gasteiger partial charge in [0.15, 0.2) is 12.4 Å². The molecule has 0 spiro atoms. The number of benzene rings is 2.